The summed E-state index contributed by atoms with van der Waals surface area (Å²) >= 11 is 0. The average Bonchev–Trinajstić information content (AvgIpc) is 3.35. The van der Waals surface area contributed by atoms with Gasteiger partial charge in [0, 0.05) is 29.5 Å². The molecule has 0 saturated heterocycles. The van der Waals surface area contributed by atoms with Gasteiger partial charge in [-0.05, 0) is 37.5 Å². The third-order valence-corrected chi connectivity index (χ3v) is 8.42. The number of rotatable bonds is 4. The Morgan fingerprint density at radius 2 is 1.82 bits per heavy atom. The number of aromatic hydroxyl groups is 1. The van der Waals surface area contributed by atoms with E-state index >= 15 is 4.39 Å². The van der Waals surface area contributed by atoms with E-state index in [0.29, 0.717) is 0 Å². The molecule has 9 N–H and O–H groups in total. The Bertz CT molecular complexity index is 1360. The van der Waals surface area contributed by atoms with Gasteiger partial charge in [-0.2, -0.15) is 0 Å². The molecule has 0 aromatic heterocycles. The first kappa shape index (κ1) is 25.9. The Labute approximate surface area is 216 Å². The summed E-state index contributed by atoms with van der Waals surface area (Å²) in [6.45, 7) is 0. The minimum absolute atomic E-state index is 0.165. The van der Waals surface area contributed by atoms with Crippen molar-refractivity contribution in [3.05, 3.63) is 45.7 Å². The molecule has 1 aromatic carbocycles. The average molecular weight is 530 g/mol. The minimum Gasteiger partial charge on any atom is -0.510 e. The molecule has 5 rings (SSSR count). The van der Waals surface area contributed by atoms with Gasteiger partial charge >= 0.3 is 0 Å². The highest BCUT2D eigenvalue weighted by Gasteiger charge is 2.62. The molecule has 0 spiro atoms. The van der Waals surface area contributed by atoms with Gasteiger partial charge in [0.2, 0.25) is 11.7 Å². The summed E-state index contributed by atoms with van der Waals surface area (Å²) in [5, 5.41) is 46.1. The monoisotopic (exact) mass is 529 g/mol. The van der Waals surface area contributed by atoms with E-state index in [1.54, 1.807) is 0 Å². The van der Waals surface area contributed by atoms with Crippen LogP contribution in [-0.4, -0.2) is 55.4 Å². The van der Waals surface area contributed by atoms with Crippen LogP contribution in [-0.2, 0) is 20.8 Å². The van der Waals surface area contributed by atoms with Crippen molar-refractivity contribution in [2.75, 3.05) is 5.32 Å². The Balaban J connectivity index is 1.56. The molecule has 1 aromatic rings. The summed E-state index contributed by atoms with van der Waals surface area (Å²) in [5.74, 6) is -9.93. The van der Waals surface area contributed by atoms with Gasteiger partial charge in [-0.15, -0.1) is 0 Å². The van der Waals surface area contributed by atoms with Gasteiger partial charge in [0.15, 0.2) is 17.1 Å². The van der Waals surface area contributed by atoms with Gasteiger partial charge in [0.05, 0.1) is 17.3 Å². The number of primary amides is 1. The van der Waals surface area contributed by atoms with Crippen LogP contribution in [0.5, 0.6) is 5.75 Å². The lowest BCUT2D eigenvalue weighted by Gasteiger charge is -2.47. The van der Waals surface area contributed by atoms with Gasteiger partial charge in [-0.1, -0.05) is 12.8 Å². The van der Waals surface area contributed by atoms with Crippen molar-refractivity contribution in [2.24, 2.45) is 29.2 Å². The van der Waals surface area contributed by atoms with Gasteiger partial charge < -0.3 is 37.2 Å². The summed E-state index contributed by atoms with van der Waals surface area (Å²) in [6.07, 6.45) is 3.55. The summed E-state index contributed by atoms with van der Waals surface area (Å²) in [4.78, 5) is 51.0. The highest BCUT2D eigenvalue weighted by Crippen LogP contribution is 2.52. The number of nitrogens with one attached hydrogen (secondary N) is 1. The van der Waals surface area contributed by atoms with Crippen molar-refractivity contribution in [3.8, 4) is 5.75 Å². The fourth-order valence-electron chi connectivity index (χ4n) is 6.51. The Kier molecular flexibility index (Phi) is 6.07. The second-order valence-corrected chi connectivity index (χ2v) is 10.6. The van der Waals surface area contributed by atoms with Gasteiger partial charge in [0.25, 0.3) is 5.91 Å². The number of fused-ring (bicyclic) bond motifs is 3. The lowest BCUT2D eigenvalue weighted by molar-refractivity contribution is -0.145. The van der Waals surface area contributed by atoms with Crippen molar-refractivity contribution in [2.45, 2.75) is 56.6 Å². The molecule has 1 saturated carbocycles. The number of benzene rings is 1. The van der Waals surface area contributed by atoms with Crippen LogP contribution >= 0.6 is 0 Å². The second-order valence-electron chi connectivity index (χ2n) is 10.6. The van der Waals surface area contributed by atoms with Gasteiger partial charge in [-0.25, -0.2) is 4.39 Å². The van der Waals surface area contributed by atoms with E-state index in [-0.39, 0.29) is 36.4 Å². The van der Waals surface area contributed by atoms with Crippen LogP contribution in [0, 0.1) is 23.6 Å². The van der Waals surface area contributed by atoms with Crippen molar-refractivity contribution in [3.63, 3.8) is 0 Å². The first-order valence-electron chi connectivity index (χ1n) is 12.5. The molecule has 0 bridgehead atoms. The number of phenolic OH excluding ortho intramolecular Hbond substituents is 1. The molecule has 4 aliphatic rings. The van der Waals surface area contributed by atoms with E-state index in [1.165, 1.54) is 0 Å². The predicted molar refractivity (Wildman–Crippen MR) is 129 cm³/mol. The Hall–Kier alpha value is -3.77. The molecule has 38 heavy (non-hydrogen) atoms. The molecule has 4 aliphatic carbocycles. The smallest absolute Gasteiger partial charge is 0.255 e. The SMILES string of the molecule is NC(=O)C1=C(O)[C@@H](N)[C@@H]2C[C@@H]3Cc4c(F)cc(NC(=O)CC5CCCC5)c(O)c4C(=O)C3=C(O)[C@]2(O)C1=O. The summed E-state index contributed by atoms with van der Waals surface area (Å²) < 4.78 is 15.2. The van der Waals surface area contributed by atoms with Crippen molar-refractivity contribution in [1.29, 1.82) is 0 Å². The lowest BCUT2D eigenvalue weighted by Crippen LogP contribution is -2.63. The number of hydrogen-bond acceptors (Lipinski definition) is 9. The largest absolute Gasteiger partial charge is 0.510 e. The minimum atomic E-state index is -2.85. The number of phenols is 1. The van der Waals surface area contributed by atoms with Crippen LogP contribution < -0.4 is 16.8 Å². The van der Waals surface area contributed by atoms with Crippen molar-refractivity contribution >= 4 is 29.1 Å². The maximum absolute atomic E-state index is 15.2. The zero-order valence-corrected chi connectivity index (χ0v) is 20.3. The Morgan fingerprint density at radius 1 is 1.16 bits per heavy atom. The summed E-state index contributed by atoms with van der Waals surface area (Å²) in [6, 6.07) is -0.568. The van der Waals surface area contributed by atoms with Crippen molar-refractivity contribution < 1.29 is 44.0 Å². The first-order chi connectivity index (χ1) is 17.9. The summed E-state index contributed by atoms with van der Waals surface area (Å²) in [7, 11) is 0. The number of amides is 2. The number of carbonyl (C=O) groups excluding carboxylic acids is 4. The van der Waals surface area contributed by atoms with Crippen LogP contribution in [0.1, 0.15) is 54.4 Å². The second kappa shape index (κ2) is 8.91. The Morgan fingerprint density at radius 3 is 2.45 bits per heavy atom. The molecule has 12 heteroatoms. The number of anilines is 1. The van der Waals surface area contributed by atoms with Crippen LogP contribution in [0.2, 0.25) is 0 Å². The third kappa shape index (κ3) is 3.62. The lowest BCUT2D eigenvalue weighted by atomic mass is 9.59. The number of halogens is 1. The van der Waals surface area contributed by atoms with E-state index in [1.807, 2.05) is 0 Å². The standard InChI is InChI=1S/C26H28FN3O8/c27-13-8-14(30-15(31)5-9-3-1-2-4-9)20(32)17-11(13)6-10-7-12-19(28)22(34)18(25(29)37)24(36)26(12,38)23(35)16(10)21(17)33/h8-10,12,19,32,34-35,38H,1-7,28H2,(H2,29,37)(H,30,31)/t10-,12-,19-,26-/m0/s1. The fraction of sp³-hybridized carbons (Fsp3) is 0.462. The van der Waals surface area contributed by atoms with Gasteiger partial charge in [0.1, 0.15) is 22.9 Å². The number of Topliss-reactive ketones (excluding diaryl/α,β-unsaturated/α-hetero) is 2. The maximum Gasteiger partial charge on any atom is 0.255 e. The van der Waals surface area contributed by atoms with Crippen LogP contribution in [0.25, 0.3) is 0 Å². The van der Waals surface area contributed by atoms with Gasteiger partial charge in [-0.3, -0.25) is 19.2 Å². The van der Waals surface area contributed by atoms with Crippen LogP contribution in [0.15, 0.2) is 28.7 Å². The molecule has 0 heterocycles. The molecule has 4 atom stereocenters. The summed E-state index contributed by atoms with van der Waals surface area (Å²) in [5.41, 5.74) is 5.89. The topological polar surface area (TPSA) is 213 Å². The quantitative estimate of drug-likeness (QED) is 0.220. The number of ketones is 2. The first-order valence-corrected chi connectivity index (χ1v) is 12.5. The molecular weight excluding hydrogens is 501 g/mol. The number of aliphatic hydroxyl groups is 3. The number of aliphatic hydroxyl groups excluding tert-OH is 2. The number of allylic oxidation sites excluding steroid dienone is 1. The molecule has 1 fully saturated rings. The molecule has 0 aliphatic heterocycles. The number of nitrogens with two attached hydrogens (primary N) is 2. The predicted octanol–water partition coefficient (Wildman–Crippen LogP) is 1.18. The zero-order chi connectivity index (χ0) is 27.7. The maximum atomic E-state index is 15.2. The number of hydrogen-bond donors (Lipinski definition) is 7. The number of carbonyl (C=O) groups is 4. The van der Waals surface area contributed by atoms with Crippen molar-refractivity contribution in [1.82, 2.24) is 0 Å². The van der Waals surface area contributed by atoms with Crippen LogP contribution in [0.4, 0.5) is 10.1 Å². The molecule has 2 amide bonds. The fourth-order valence-corrected chi connectivity index (χ4v) is 6.51. The zero-order valence-electron chi connectivity index (χ0n) is 20.3. The molecular formula is C26H28FN3O8. The van der Waals surface area contributed by atoms with E-state index in [4.69, 9.17) is 11.5 Å². The molecule has 11 nitrogen and oxygen atoms in total. The third-order valence-electron chi connectivity index (χ3n) is 8.42. The van der Waals surface area contributed by atoms with Crippen LogP contribution in [0.3, 0.4) is 0 Å². The molecule has 0 radical (unpaired) electrons. The highest BCUT2D eigenvalue weighted by molar-refractivity contribution is 6.25. The van der Waals surface area contributed by atoms with E-state index in [2.05, 4.69) is 5.32 Å². The van der Waals surface area contributed by atoms with E-state index < -0.39 is 86.7 Å². The molecule has 0 unspecified atom stereocenters. The normalized spacial score (nSPS) is 29.2. The van der Waals surface area contributed by atoms with E-state index in [9.17, 15) is 39.6 Å². The molecule has 202 valence electrons. The van der Waals surface area contributed by atoms with E-state index in [0.717, 1.165) is 31.7 Å². The highest BCUT2D eigenvalue weighted by atomic mass is 19.1.